The smallest absolute Gasteiger partial charge is 0.326 e. The Balaban J connectivity index is 1.37. The van der Waals surface area contributed by atoms with Crippen LogP contribution in [0.1, 0.15) is 69.4 Å². The molecule has 18 heteroatoms. The number of hydrogen-bond donors (Lipinski definition) is 8. The number of rotatable bonds is 21. The van der Waals surface area contributed by atoms with E-state index in [-0.39, 0.29) is 73.4 Å². The van der Waals surface area contributed by atoms with Gasteiger partial charge in [-0.1, -0.05) is 0 Å². The van der Waals surface area contributed by atoms with E-state index in [0.717, 1.165) is 0 Å². The van der Waals surface area contributed by atoms with Gasteiger partial charge in [-0.3, -0.25) is 24.2 Å². The maximum Gasteiger partial charge on any atom is 0.326 e. The fourth-order valence-corrected chi connectivity index (χ4v) is 4.73. The summed E-state index contributed by atoms with van der Waals surface area (Å²) in [5.74, 6) is -2.45. The molecule has 0 bridgehead atoms. The third-order valence-electron chi connectivity index (χ3n) is 7.54. The Morgan fingerprint density at radius 1 is 0.961 bits per heavy atom. The number of carbonyl (C=O) groups is 4. The topological polar surface area (TPSA) is 279 Å². The maximum atomic E-state index is 12.8. The average Bonchev–Trinajstić information content (AvgIpc) is 3.06. The number of nitrogens with zero attached hydrogens (tertiary/aromatic N) is 3. The Labute approximate surface area is 294 Å². The number of ether oxygens (including phenoxy) is 2. The van der Waals surface area contributed by atoms with Gasteiger partial charge in [0.2, 0.25) is 17.8 Å². The fourth-order valence-electron chi connectivity index (χ4n) is 4.73. The van der Waals surface area contributed by atoms with Crippen LogP contribution in [0.5, 0.6) is 0 Å². The predicted octanol–water partition coefficient (Wildman–Crippen LogP) is 0.432. The zero-order chi connectivity index (χ0) is 37.6. The van der Waals surface area contributed by atoms with Crippen LogP contribution in [-0.2, 0) is 30.4 Å². The minimum atomic E-state index is -1.29. The van der Waals surface area contributed by atoms with Gasteiger partial charge >= 0.3 is 5.97 Å². The largest absolute Gasteiger partial charge is 0.480 e. The molecule has 0 aliphatic rings. The van der Waals surface area contributed by atoms with Gasteiger partial charge in [-0.25, -0.2) is 14.8 Å². The van der Waals surface area contributed by atoms with Crippen LogP contribution in [0.15, 0.2) is 35.3 Å². The van der Waals surface area contributed by atoms with Crippen molar-refractivity contribution in [2.24, 2.45) is 5.73 Å². The highest BCUT2D eigenvalue weighted by Gasteiger charge is 2.26. The molecule has 0 aliphatic carbocycles. The lowest BCUT2D eigenvalue weighted by Gasteiger charge is -2.29. The summed E-state index contributed by atoms with van der Waals surface area (Å²) < 4.78 is 11.8. The first-order valence-corrected chi connectivity index (χ1v) is 16.5. The summed E-state index contributed by atoms with van der Waals surface area (Å²) in [7, 11) is 0. The first-order valence-electron chi connectivity index (χ1n) is 16.5. The van der Waals surface area contributed by atoms with Crippen LogP contribution in [0.25, 0.3) is 11.2 Å². The van der Waals surface area contributed by atoms with Crippen molar-refractivity contribution >= 4 is 46.5 Å². The zero-order valence-corrected chi connectivity index (χ0v) is 29.3. The standard InChI is InChI=1S/C33H48N10O8/c1-32(2,11-15-50-33(3,4)17-25(45)36-13-12-34)51-16-14-37-24(44)10-9-23(30(48)49)41-28(46)20-5-7-21(8-6-20)38-18-22-19-39-27-26(40-22)29(47)43-31(35)42-27/h5-8,19,23,38H,9-18,34H2,1-4H3,(H,36,45)(H,37,44)(H,41,46)(H,48,49)(H3,35,39,42,43,47). The molecule has 51 heavy (non-hydrogen) atoms. The van der Waals surface area contributed by atoms with Crippen LogP contribution in [0, 0.1) is 0 Å². The van der Waals surface area contributed by atoms with Crippen molar-refractivity contribution in [2.75, 3.05) is 43.9 Å². The molecule has 18 nitrogen and oxygen atoms in total. The quantitative estimate of drug-likeness (QED) is 0.0696. The Kier molecular flexibility index (Phi) is 14.7. The van der Waals surface area contributed by atoms with Crippen molar-refractivity contribution in [1.82, 2.24) is 35.9 Å². The highest BCUT2D eigenvalue weighted by Crippen LogP contribution is 2.19. The van der Waals surface area contributed by atoms with E-state index in [1.807, 2.05) is 27.7 Å². The molecule has 2 aromatic heterocycles. The molecule has 0 fully saturated rings. The molecule has 278 valence electrons. The third-order valence-corrected chi connectivity index (χ3v) is 7.54. The Hall–Kier alpha value is -5.20. The maximum absolute atomic E-state index is 12.8. The average molecular weight is 713 g/mol. The number of nitrogen functional groups attached to an aromatic ring is 1. The number of carboxylic acids is 1. The molecule has 3 rings (SSSR count). The highest BCUT2D eigenvalue weighted by molar-refractivity contribution is 5.97. The van der Waals surface area contributed by atoms with Crippen LogP contribution >= 0.6 is 0 Å². The molecule has 0 aliphatic heterocycles. The lowest BCUT2D eigenvalue weighted by molar-refractivity contribution is -0.139. The normalized spacial score (nSPS) is 12.3. The van der Waals surface area contributed by atoms with Crippen LogP contribution in [0.3, 0.4) is 0 Å². The molecular formula is C33H48N10O8. The third kappa shape index (κ3) is 13.9. The van der Waals surface area contributed by atoms with Crippen molar-refractivity contribution in [3.63, 3.8) is 0 Å². The zero-order valence-electron chi connectivity index (χ0n) is 29.3. The molecule has 0 radical (unpaired) electrons. The summed E-state index contributed by atoms with van der Waals surface area (Å²) in [6, 6.07) is 5.01. The summed E-state index contributed by atoms with van der Waals surface area (Å²) in [5, 5.41) is 20.6. The Bertz CT molecular complexity index is 1710. The lowest BCUT2D eigenvalue weighted by atomic mass is 10.0. The highest BCUT2D eigenvalue weighted by atomic mass is 16.5. The summed E-state index contributed by atoms with van der Waals surface area (Å²) in [4.78, 5) is 75.7. The Morgan fingerprint density at radius 3 is 2.33 bits per heavy atom. The van der Waals surface area contributed by atoms with Gasteiger partial charge in [0.25, 0.3) is 11.5 Å². The molecule has 2 heterocycles. The van der Waals surface area contributed by atoms with E-state index < -0.39 is 34.7 Å². The predicted molar refractivity (Wildman–Crippen MR) is 189 cm³/mol. The molecule has 10 N–H and O–H groups in total. The fraction of sp³-hybridized carbons (Fsp3) is 0.515. The van der Waals surface area contributed by atoms with E-state index in [0.29, 0.717) is 37.5 Å². The number of carboxylic acid groups (broad SMARTS) is 1. The first-order chi connectivity index (χ1) is 24.1. The van der Waals surface area contributed by atoms with E-state index in [2.05, 4.69) is 41.2 Å². The summed E-state index contributed by atoms with van der Waals surface area (Å²) in [5.41, 5.74) is 10.7. The number of nitrogens with one attached hydrogen (secondary N) is 5. The van der Waals surface area contributed by atoms with Crippen molar-refractivity contribution in [3.8, 4) is 0 Å². The Morgan fingerprint density at radius 2 is 1.65 bits per heavy atom. The van der Waals surface area contributed by atoms with Gasteiger partial charge in [-0.05, 0) is 64.8 Å². The molecule has 0 saturated carbocycles. The van der Waals surface area contributed by atoms with E-state index >= 15 is 0 Å². The summed E-state index contributed by atoms with van der Waals surface area (Å²) >= 11 is 0. The van der Waals surface area contributed by atoms with Gasteiger partial charge in [0.15, 0.2) is 11.2 Å². The van der Waals surface area contributed by atoms with Crippen molar-refractivity contribution in [2.45, 2.75) is 77.2 Å². The monoisotopic (exact) mass is 712 g/mol. The molecule has 3 amide bonds. The number of hydrogen-bond acceptors (Lipinski definition) is 13. The van der Waals surface area contributed by atoms with Gasteiger partial charge in [-0.2, -0.15) is 4.98 Å². The second kappa shape index (κ2) is 18.7. The van der Waals surface area contributed by atoms with Crippen molar-refractivity contribution < 1.29 is 33.8 Å². The summed E-state index contributed by atoms with van der Waals surface area (Å²) in [6.45, 7) is 9.24. The lowest BCUT2D eigenvalue weighted by Crippen LogP contribution is -2.42. The van der Waals surface area contributed by atoms with Gasteiger partial charge < -0.3 is 47.3 Å². The van der Waals surface area contributed by atoms with Gasteiger partial charge in [0.1, 0.15) is 6.04 Å². The minimum absolute atomic E-state index is 0.0526. The second-order valence-electron chi connectivity index (χ2n) is 13.0. The molecule has 1 atom stereocenters. The van der Waals surface area contributed by atoms with E-state index in [4.69, 9.17) is 20.9 Å². The number of amides is 3. The SMILES string of the molecule is CC(C)(CCOC(C)(C)CC(=O)NCCN)OCCNC(=O)CCC(NC(=O)c1ccc(NCc2cnc3nc(N)[nH]c(=O)c3n2)cc1)C(=O)O. The summed E-state index contributed by atoms with van der Waals surface area (Å²) in [6.07, 6.45) is 1.96. The number of aliphatic carboxylic acids is 1. The molecular weight excluding hydrogens is 664 g/mol. The van der Waals surface area contributed by atoms with E-state index in [9.17, 15) is 29.1 Å². The second-order valence-corrected chi connectivity index (χ2v) is 13.0. The van der Waals surface area contributed by atoms with Gasteiger partial charge in [0.05, 0.1) is 49.3 Å². The number of fused-ring (bicyclic) bond motifs is 1. The van der Waals surface area contributed by atoms with Crippen molar-refractivity contribution in [3.05, 3.63) is 52.1 Å². The van der Waals surface area contributed by atoms with Crippen LogP contribution < -0.4 is 38.3 Å². The van der Waals surface area contributed by atoms with Crippen molar-refractivity contribution in [1.29, 1.82) is 0 Å². The van der Waals surface area contributed by atoms with Gasteiger partial charge in [0, 0.05) is 37.3 Å². The minimum Gasteiger partial charge on any atom is -0.480 e. The number of aromatic nitrogens is 4. The number of H-pyrrole nitrogens is 1. The van der Waals surface area contributed by atoms with Crippen LogP contribution in [0.2, 0.25) is 0 Å². The van der Waals surface area contributed by atoms with Gasteiger partial charge in [-0.15, -0.1) is 0 Å². The number of benzene rings is 1. The number of anilines is 2. The van der Waals surface area contributed by atoms with Crippen LogP contribution in [0.4, 0.5) is 11.6 Å². The molecule has 0 spiro atoms. The number of nitrogens with two attached hydrogens (primary N) is 2. The molecule has 1 unspecified atom stereocenters. The first kappa shape index (κ1) is 40.2. The molecule has 3 aromatic rings. The van der Waals surface area contributed by atoms with Crippen LogP contribution in [-0.4, -0.2) is 98.8 Å². The molecule has 0 saturated heterocycles. The number of carbonyl (C=O) groups excluding carboxylic acids is 3. The molecule has 1 aromatic carbocycles. The number of aromatic amines is 1. The van der Waals surface area contributed by atoms with E-state index in [1.165, 1.54) is 18.3 Å². The van der Waals surface area contributed by atoms with E-state index in [1.54, 1.807) is 12.1 Å².